The van der Waals surface area contributed by atoms with E-state index in [1.807, 2.05) is 4.90 Å². The number of carbonyl (C=O) groups excluding carboxylic acids is 1. The van der Waals surface area contributed by atoms with E-state index in [4.69, 9.17) is 0 Å². The van der Waals surface area contributed by atoms with E-state index >= 15 is 0 Å². The topological polar surface area (TPSA) is 35.6 Å². The lowest BCUT2D eigenvalue weighted by Gasteiger charge is -2.34. The smallest absolute Gasteiger partial charge is 0.241 e. The number of rotatable bonds is 5. The zero-order chi connectivity index (χ0) is 15.2. The summed E-state index contributed by atoms with van der Waals surface area (Å²) in [4.78, 5) is 16.5. The lowest BCUT2D eigenvalue weighted by Crippen LogP contribution is -2.49. The first-order chi connectivity index (χ1) is 10.1. The van der Waals surface area contributed by atoms with Crippen molar-refractivity contribution in [2.24, 2.45) is 0 Å². The summed E-state index contributed by atoms with van der Waals surface area (Å²) in [6.07, 6.45) is 0. The fraction of sp³-hybridized carbons (Fsp3) is 0.588. The minimum Gasteiger partial charge on any atom is -0.376 e. The number of nitrogens with zero attached hydrogens (tertiary/aromatic N) is 2. The summed E-state index contributed by atoms with van der Waals surface area (Å²) in [7, 11) is 0. The number of piperazine rings is 1. The maximum Gasteiger partial charge on any atom is 0.241 e. The van der Waals surface area contributed by atoms with Gasteiger partial charge in [-0.05, 0) is 30.2 Å². The number of anilines is 1. The molecular weight excluding hydrogens is 262 g/mol. The Morgan fingerprint density at radius 3 is 2.29 bits per heavy atom. The van der Waals surface area contributed by atoms with Gasteiger partial charge in [-0.2, -0.15) is 0 Å². The maximum atomic E-state index is 12.2. The number of nitrogens with one attached hydrogen (secondary N) is 1. The van der Waals surface area contributed by atoms with Crippen molar-refractivity contribution in [3.63, 3.8) is 0 Å². The van der Waals surface area contributed by atoms with Crippen LogP contribution in [-0.2, 0) is 4.79 Å². The molecule has 1 amide bonds. The van der Waals surface area contributed by atoms with Crippen molar-refractivity contribution >= 4 is 11.6 Å². The Labute approximate surface area is 128 Å². The van der Waals surface area contributed by atoms with Gasteiger partial charge in [-0.1, -0.05) is 32.9 Å². The van der Waals surface area contributed by atoms with E-state index in [1.54, 1.807) is 0 Å². The molecule has 1 fully saturated rings. The summed E-state index contributed by atoms with van der Waals surface area (Å²) in [6.45, 7) is 11.7. The lowest BCUT2D eigenvalue weighted by molar-refractivity contribution is -0.131. The van der Waals surface area contributed by atoms with Crippen LogP contribution in [0, 0.1) is 0 Å². The van der Waals surface area contributed by atoms with Crippen LogP contribution in [0.1, 0.15) is 32.3 Å². The van der Waals surface area contributed by atoms with Crippen LogP contribution in [0.25, 0.3) is 0 Å². The third-order valence-corrected chi connectivity index (χ3v) is 4.19. The third kappa shape index (κ3) is 4.46. The molecule has 0 atom stereocenters. The fourth-order valence-electron chi connectivity index (χ4n) is 2.59. The third-order valence-electron chi connectivity index (χ3n) is 4.19. The van der Waals surface area contributed by atoms with E-state index in [-0.39, 0.29) is 5.91 Å². The molecule has 0 bridgehead atoms. The van der Waals surface area contributed by atoms with Crippen LogP contribution < -0.4 is 5.32 Å². The zero-order valence-electron chi connectivity index (χ0n) is 13.4. The molecule has 1 aliphatic rings. The normalized spacial score (nSPS) is 16.3. The minimum atomic E-state index is 0.193. The van der Waals surface area contributed by atoms with Crippen LogP contribution in [-0.4, -0.2) is 55.0 Å². The van der Waals surface area contributed by atoms with Crippen LogP contribution in [0.3, 0.4) is 0 Å². The largest absolute Gasteiger partial charge is 0.376 e. The van der Waals surface area contributed by atoms with E-state index in [0.29, 0.717) is 12.5 Å². The second-order valence-electron chi connectivity index (χ2n) is 5.95. The van der Waals surface area contributed by atoms with Gasteiger partial charge >= 0.3 is 0 Å². The highest BCUT2D eigenvalue weighted by molar-refractivity contribution is 5.81. The van der Waals surface area contributed by atoms with Gasteiger partial charge in [0.1, 0.15) is 0 Å². The first-order valence-corrected chi connectivity index (χ1v) is 7.94. The van der Waals surface area contributed by atoms with Crippen molar-refractivity contribution in [1.29, 1.82) is 0 Å². The van der Waals surface area contributed by atoms with Gasteiger partial charge in [-0.15, -0.1) is 0 Å². The summed E-state index contributed by atoms with van der Waals surface area (Å²) in [6, 6.07) is 8.35. The van der Waals surface area contributed by atoms with E-state index in [9.17, 15) is 4.79 Å². The first-order valence-electron chi connectivity index (χ1n) is 7.94. The molecule has 0 unspecified atom stereocenters. The van der Waals surface area contributed by atoms with Crippen molar-refractivity contribution in [3.05, 3.63) is 29.8 Å². The molecule has 0 spiro atoms. The molecule has 0 saturated carbocycles. The van der Waals surface area contributed by atoms with Crippen molar-refractivity contribution in [2.45, 2.75) is 26.7 Å². The van der Waals surface area contributed by atoms with Crippen molar-refractivity contribution < 1.29 is 4.79 Å². The Balaban J connectivity index is 1.78. The van der Waals surface area contributed by atoms with Crippen LogP contribution >= 0.6 is 0 Å². The Morgan fingerprint density at radius 2 is 1.76 bits per heavy atom. The number of amides is 1. The molecule has 0 aliphatic carbocycles. The number of carbonyl (C=O) groups is 1. The molecule has 116 valence electrons. The molecule has 1 aliphatic heterocycles. The van der Waals surface area contributed by atoms with Gasteiger partial charge in [-0.3, -0.25) is 4.79 Å². The van der Waals surface area contributed by atoms with Gasteiger partial charge in [0.05, 0.1) is 6.54 Å². The van der Waals surface area contributed by atoms with Gasteiger partial charge < -0.3 is 15.1 Å². The highest BCUT2D eigenvalue weighted by atomic mass is 16.2. The average molecular weight is 289 g/mol. The van der Waals surface area contributed by atoms with E-state index in [1.165, 1.54) is 5.56 Å². The van der Waals surface area contributed by atoms with Crippen molar-refractivity contribution in [1.82, 2.24) is 9.80 Å². The highest BCUT2D eigenvalue weighted by Crippen LogP contribution is 2.17. The molecule has 0 radical (unpaired) electrons. The monoisotopic (exact) mass is 289 g/mol. The Bertz CT molecular complexity index is 448. The first kappa shape index (κ1) is 15.8. The van der Waals surface area contributed by atoms with Crippen molar-refractivity contribution in [3.8, 4) is 0 Å². The summed E-state index contributed by atoms with van der Waals surface area (Å²) >= 11 is 0. The molecule has 21 heavy (non-hydrogen) atoms. The minimum absolute atomic E-state index is 0.193. The summed E-state index contributed by atoms with van der Waals surface area (Å²) in [5.74, 6) is 0.731. The second kappa shape index (κ2) is 7.46. The zero-order valence-corrected chi connectivity index (χ0v) is 13.4. The molecule has 2 rings (SSSR count). The maximum absolute atomic E-state index is 12.2. The average Bonchev–Trinajstić information content (AvgIpc) is 2.53. The van der Waals surface area contributed by atoms with Crippen LogP contribution in [0.4, 0.5) is 5.69 Å². The molecule has 1 N–H and O–H groups in total. The fourth-order valence-corrected chi connectivity index (χ4v) is 2.59. The highest BCUT2D eigenvalue weighted by Gasteiger charge is 2.19. The number of hydrogen-bond acceptors (Lipinski definition) is 3. The van der Waals surface area contributed by atoms with Gasteiger partial charge in [0.15, 0.2) is 0 Å². The standard InChI is InChI=1S/C17H27N3O/c1-4-19-9-11-20(12-10-19)17(21)13-18-16-7-5-15(6-8-16)14(2)3/h5-8,14,18H,4,9-13H2,1-3H3. The van der Waals surface area contributed by atoms with Crippen LogP contribution in [0.15, 0.2) is 24.3 Å². The lowest BCUT2D eigenvalue weighted by atomic mass is 10.0. The SMILES string of the molecule is CCN1CCN(C(=O)CNc2ccc(C(C)C)cc2)CC1. The van der Waals surface area contributed by atoms with E-state index < -0.39 is 0 Å². The molecule has 0 aromatic heterocycles. The molecule has 1 aromatic carbocycles. The second-order valence-corrected chi connectivity index (χ2v) is 5.95. The summed E-state index contributed by atoms with van der Waals surface area (Å²) in [5.41, 5.74) is 2.34. The molecule has 1 heterocycles. The number of benzene rings is 1. The van der Waals surface area contributed by atoms with Gasteiger partial charge in [0, 0.05) is 31.9 Å². The number of hydrogen-bond donors (Lipinski definition) is 1. The number of likely N-dealkylation sites (N-methyl/N-ethyl adjacent to an activating group) is 1. The predicted octanol–water partition coefficient (Wildman–Crippen LogP) is 2.39. The van der Waals surface area contributed by atoms with Crippen molar-refractivity contribution in [2.75, 3.05) is 44.6 Å². The summed E-state index contributed by atoms with van der Waals surface area (Å²) < 4.78 is 0. The van der Waals surface area contributed by atoms with Gasteiger partial charge in [0.25, 0.3) is 0 Å². The van der Waals surface area contributed by atoms with Crippen LogP contribution in [0.5, 0.6) is 0 Å². The summed E-state index contributed by atoms with van der Waals surface area (Å²) in [5, 5.41) is 3.23. The van der Waals surface area contributed by atoms with Gasteiger partial charge in [0.2, 0.25) is 5.91 Å². The predicted molar refractivity (Wildman–Crippen MR) is 87.7 cm³/mol. The Kier molecular flexibility index (Phi) is 5.62. The molecule has 4 nitrogen and oxygen atoms in total. The molecule has 1 aromatic rings. The van der Waals surface area contributed by atoms with E-state index in [2.05, 4.69) is 55.3 Å². The quantitative estimate of drug-likeness (QED) is 0.904. The Morgan fingerprint density at radius 1 is 1.14 bits per heavy atom. The van der Waals surface area contributed by atoms with Crippen LogP contribution in [0.2, 0.25) is 0 Å². The van der Waals surface area contributed by atoms with E-state index in [0.717, 1.165) is 38.4 Å². The molecule has 4 heteroatoms. The Hall–Kier alpha value is -1.55. The molecular formula is C17H27N3O. The molecule has 1 saturated heterocycles. The van der Waals surface area contributed by atoms with Gasteiger partial charge in [-0.25, -0.2) is 0 Å².